The smallest absolute Gasteiger partial charge is 0.144 e. The Morgan fingerprint density at radius 1 is 1.28 bits per heavy atom. The molecule has 0 N–H and O–H groups in total. The zero-order valence-electron chi connectivity index (χ0n) is 10.8. The van der Waals surface area contributed by atoms with Crippen molar-refractivity contribution in [1.82, 2.24) is 0 Å². The van der Waals surface area contributed by atoms with E-state index in [0.29, 0.717) is 24.0 Å². The van der Waals surface area contributed by atoms with Gasteiger partial charge in [0.2, 0.25) is 0 Å². The normalized spacial score (nSPS) is 36.4. The van der Waals surface area contributed by atoms with E-state index < -0.39 is 0 Å². The van der Waals surface area contributed by atoms with E-state index in [9.17, 15) is 4.79 Å². The van der Waals surface area contributed by atoms with Gasteiger partial charge in [0.05, 0.1) is 0 Å². The van der Waals surface area contributed by atoms with Gasteiger partial charge in [0, 0.05) is 11.8 Å². The van der Waals surface area contributed by atoms with Gasteiger partial charge in [-0.2, -0.15) is 0 Å². The maximum Gasteiger partial charge on any atom is 0.144 e. The van der Waals surface area contributed by atoms with E-state index in [-0.39, 0.29) is 5.41 Å². The zero-order chi connectivity index (χ0) is 12.3. The highest BCUT2D eigenvalue weighted by Gasteiger charge is 2.54. The average Bonchev–Trinajstić information content (AvgIpc) is 2.93. The predicted octanol–water partition coefficient (Wildman–Crippen LogP) is 3.25. The molecule has 0 saturated heterocycles. The molecule has 18 heavy (non-hydrogen) atoms. The maximum absolute atomic E-state index is 12.7. The molecule has 3 aliphatic rings. The van der Waals surface area contributed by atoms with Crippen LogP contribution >= 0.6 is 0 Å². The summed E-state index contributed by atoms with van der Waals surface area (Å²) in [5.41, 5.74) is 3.98. The number of ketones is 1. The highest BCUT2D eigenvalue weighted by molar-refractivity contribution is 5.90. The van der Waals surface area contributed by atoms with Crippen LogP contribution in [0.25, 0.3) is 0 Å². The van der Waals surface area contributed by atoms with E-state index in [0.717, 1.165) is 12.8 Å². The molecule has 1 fully saturated rings. The van der Waals surface area contributed by atoms with E-state index >= 15 is 0 Å². The quantitative estimate of drug-likeness (QED) is 0.634. The molecule has 1 aromatic rings. The van der Waals surface area contributed by atoms with Crippen molar-refractivity contribution in [1.29, 1.82) is 0 Å². The van der Waals surface area contributed by atoms with Crippen molar-refractivity contribution in [2.24, 2.45) is 17.3 Å². The molecule has 1 aromatic carbocycles. The van der Waals surface area contributed by atoms with Crippen molar-refractivity contribution < 1.29 is 4.79 Å². The molecular formula is C17H18O. The molecule has 0 heterocycles. The van der Waals surface area contributed by atoms with E-state index in [4.69, 9.17) is 0 Å². The monoisotopic (exact) mass is 238 g/mol. The summed E-state index contributed by atoms with van der Waals surface area (Å²) in [5, 5.41) is 0. The van der Waals surface area contributed by atoms with Gasteiger partial charge in [0.1, 0.15) is 5.78 Å². The number of hydrogen-bond donors (Lipinski definition) is 0. The molecule has 1 spiro atoms. The molecule has 1 nitrogen and oxygen atoms in total. The minimum absolute atomic E-state index is 0.0415. The Morgan fingerprint density at radius 3 is 2.89 bits per heavy atom. The summed E-state index contributed by atoms with van der Waals surface area (Å²) < 4.78 is 0. The fourth-order valence-corrected chi connectivity index (χ4v) is 4.44. The van der Waals surface area contributed by atoms with Gasteiger partial charge >= 0.3 is 0 Å². The highest BCUT2D eigenvalue weighted by atomic mass is 16.1. The van der Waals surface area contributed by atoms with Crippen LogP contribution in [0.3, 0.4) is 0 Å². The third-order valence-electron chi connectivity index (χ3n) is 5.41. The fourth-order valence-electron chi connectivity index (χ4n) is 4.44. The van der Waals surface area contributed by atoms with Crippen LogP contribution in [0.15, 0.2) is 30.4 Å². The molecule has 2 bridgehead atoms. The summed E-state index contributed by atoms with van der Waals surface area (Å²) in [5.74, 6) is 1.69. The number of rotatable bonds is 0. The van der Waals surface area contributed by atoms with Gasteiger partial charge in [-0.3, -0.25) is 4.79 Å². The summed E-state index contributed by atoms with van der Waals surface area (Å²) in [7, 11) is 0. The molecule has 0 radical (unpaired) electrons. The van der Waals surface area contributed by atoms with Gasteiger partial charge < -0.3 is 0 Å². The molecule has 0 aromatic heterocycles. The summed E-state index contributed by atoms with van der Waals surface area (Å²) in [4.78, 5) is 12.7. The molecule has 3 atom stereocenters. The molecule has 92 valence electrons. The minimum Gasteiger partial charge on any atom is -0.299 e. The number of benzene rings is 1. The van der Waals surface area contributed by atoms with E-state index in [2.05, 4.69) is 37.3 Å². The van der Waals surface area contributed by atoms with Gasteiger partial charge in [-0.05, 0) is 54.7 Å². The number of fused-ring (bicyclic) bond motifs is 4. The van der Waals surface area contributed by atoms with E-state index in [1.807, 2.05) is 0 Å². The van der Waals surface area contributed by atoms with E-state index in [1.165, 1.54) is 23.1 Å². The third-order valence-corrected chi connectivity index (χ3v) is 5.41. The van der Waals surface area contributed by atoms with Gasteiger partial charge in [0.25, 0.3) is 0 Å². The van der Waals surface area contributed by atoms with Crippen LogP contribution in [-0.2, 0) is 17.6 Å². The second-order valence-corrected chi connectivity index (χ2v) is 6.34. The summed E-state index contributed by atoms with van der Waals surface area (Å²) >= 11 is 0. The van der Waals surface area contributed by atoms with Crippen molar-refractivity contribution >= 4 is 5.78 Å². The Bertz CT molecular complexity index is 569. The van der Waals surface area contributed by atoms with Crippen molar-refractivity contribution in [3.8, 4) is 0 Å². The molecule has 0 amide bonds. The van der Waals surface area contributed by atoms with Crippen LogP contribution in [0.4, 0.5) is 0 Å². The van der Waals surface area contributed by atoms with Crippen LogP contribution in [0, 0.1) is 24.2 Å². The number of Topliss-reactive ketones (excluding diaryl/α,β-unsaturated/α-hetero) is 1. The summed E-state index contributed by atoms with van der Waals surface area (Å²) in [6.07, 6.45) is 8.60. The molecule has 0 aliphatic heterocycles. The summed E-state index contributed by atoms with van der Waals surface area (Å²) in [6, 6.07) is 6.50. The number of carbonyl (C=O) groups is 1. The number of allylic oxidation sites excluding steroid dienone is 2. The van der Waals surface area contributed by atoms with Crippen LogP contribution in [0.5, 0.6) is 0 Å². The molecule has 4 rings (SSSR count). The number of aryl methyl sites for hydroxylation is 1. The zero-order valence-corrected chi connectivity index (χ0v) is 10.8. The summed E-state index contributed by atoms with van der Waals surface area (Å²) in [6.45, 7) is 2.13. The molecule has 1 saturated carbocycles. The lowest BCUT2D eigenvalue weighted by molar-refractivity contribution is -0.130. The Kier molecular flexibility index (Phi) is 1.96. The van der Waals surface area contributed by atoms with Crippen molar-refractivity contribution in [3.63, 3.8) is 0 Å². The maximum atomic E-state index is 12.7. The van der Waals surface area contributed by atoms with Crippen molar-refractivity contribution in [2.75, 3.05) is 0 Å². The molecular weight excluding hydrogens is 220 g/mol. The van der Waals surface area contributed by atoms with Crippen LogP contribution < -0.4 is 0 Å². The largest absolute Gasteiger partial charge is 0.299 e. The van der Waals surface area contributed by atoms with Gasteiger partial charge in [-0.1, -0.05) is 30.4 Å². The molecule has 3 unspecified atom stereocenters. The third kappa shape index (κ3) is 1.20. The Morgan fingerprint density at radius 2 is 2.17 bits per heavy atom. The fraction of sp³-hybridized carbons (Fsp3) is 0.471. The lowest BCUT2D eigenvalue weighted by Gasteiger charge is -2.39. The van der Waals surface area contributed by atoms with Gasteiger partial charge in [-0.15, -0.1) is 0 Å². The Balaban J connectivity index is 1.82. The van der Waals surface area contributed by atoms with Crippen LogP contribution in [0.2, 0.25) is 0 Å². The number of carbonyl (C=O) groups excluding carboxylic acids is 1. The van der Waals surface area contributed by atoms with Crippen molar-refractivity contribution in [3.05, 3.63) is 47.0 Å². The predicted molar refractivity (Wildman–Crippen MR) is 71.4 cm³/mol. The Hall–Kier alpha value is -1.37. The first-order chi connectivity index (χ1) is 8.69. The number of hydrogen-bond acceptors (Lipinski definition) is 1. The van der Waals surface area contributed by atoms with Gasteiger partial charge in [0.15, 0.2) is 0 Å². The van der Waals surface area contributed by atoms with Crippen molar-refractivity contribution in [2.45, 2.75) is 32.6 Å². The van der Waals surface area contributed by atoms with Crippen LogP contribution in [-0.4, -0.2) is 5.78 Å². The lowest BCUT2D eigenvalue weighted by Crippen LogP contribution is -2.42. The van der Waals surface area contributed by atoms with E-state index in [1.54, 1.807) is 0 Å². The lowest BCUT2D eigenvalue weighted by atomic mass is 9.63. The standard InChI is InChI=1S/C17H18O/c1-11-3-2-4-13-10-17(16(18)8-15(11)13)9-12-5-6-14(17)7-12/h2-6,12,14H,7-10H2,1H3. The van der Waals surface area contributed by atoms with Crippen LogP contribution in [0.1, 0.15) is 29.5 Å². The molecule has 1 heteroatoms. The average molecular weight is 238 g/mol. The second kappa shape index (κ2) is 3.34. The topological polar surface area (TPSA) is 17.1 Å². The SMILES string of the molecule is Cc1cccc2c1CC(=O)C1(C2)CC2C=CC1C2. The first-order valence-corrected chi connectivity index (χ1v) is 6.98. The second-order valence-electron chi connectivity index (χ2n) is 6.34. The highest BCUT2D eigenvalue weighted by Crippen LogP contribution is 2.56. The first-order valence-electron chi connectivity index (χ1n) is 6.98. The minimum atomic E-state index is -0.0415. The molecule has 3 aliphatic carbocycles. The van der Waals surface area contributed by atoms with Gasteiger partial charge in [-0.25, -0.2) is 0 Å². The Labute approximate surface area is 108 Å². The first kappa shape index (κ1) is 10.5.